The molecule has 1 fully saturated rings. The van der Waals surface area contributed by atoms with E-state index in [-0.39, 0.29) is 36.3 Å². The summed E-state index contributed by atoms with van der Waals surface area (Å²) in [4.78, 5) is 12.9. The van der Waals surface area contributed by atoms with Crippen molar-refractivity contribution in [1.82, 2.24) is 0 Å². The third-order valence-electron chi connectivity index (χ3n) is 6.63. The van der Waals surface area contributed by atoms with Crippen LogP contribution in [0.1, 0.15) is 22.6 Å². The Hall–Kier alpha value is -3.87. The van der Waals surface area contributed by atoms with Crippen LogP contribution in [0.3, 0.4) is 0 Å². The summed E-state index contributed by atoms with van der Waals surface area (Å²) in [7, 11) is 1.59. The molecule has 7 nitrogen and oxygen atoms in total. The van der Waals surface area contributed by atoms with Gasteiger partial charge in [-0.05, 0) is 47.9 Å². The van der Waals surface area contributed by atoms with E-state index >= 15 is 0 Å². The van der Waals surface area contributed by atoms with Crippen molar-refractivity contribution in [3.63, 3.8) is 0 Å². The van der Waals surface area contributed by atoms with Gasteiger partial charge in [-0.3, -0.25) is 4.79 Å². The normalized spacial score (nSPS) is 22.3. The van der Waals surface area contributed by atoms with E-state index in [4.69, 9.17) is 23.7 Å². The van der Waals surface area contributed by atoms with Crippen LogP contribution in [0.5, 0.6) is 34.5 Å². The van der Waals surface area contributed by atoms with Crippen LogP contribution in [-0.4, -0.2) is 31.6 Å². The highest BCUT2D eigenvalue weighted by atomic mass is 16.7. The number of rotatable bonds is 4. The van der Waals surface area contributed by atoms with Gasteiger partial charge in [-0.1, -0.05) is 24.3 Å². The van der Waals surface area contributed by atoms with E-state index in [0.29, 0.717) is 41.8 Å². The fourth-order valence-corrected chi connectivity index (χ4v) is 5.22. The number of benzene rings is 3. The summed E-state index contributed by atoms with van der Waals surface area (Å²) in [6.07, 6.45) is 0.681. The molecule has 33 heavy (non-hydrogen) atoms. The molecule has 1 aliphatic carbocycles. The maximum atomic E-state index is 12.9. The van der Waals surface area contributed by atoms with Crippen molar-refractivity contribution in [2.45, 2.75) is 12.3 Å². The number of methoxy groups -OCH3 is 1. The lowest BCUT2D eigenvalue weighted by atomic mass is 9.67. The molecule has 0 spiro atoms. The highest BCUT2D eigenvalue weighted by Crippen LogP contribution is 2.56. The summed E-state index contributed by atoms with van der Waals surface area (Å²) >= 11 is 0. The molecule has 2 heterocycles. The molecule has 3 atom stereocenters. The van der Waals surface area contributed by atoms with Crippen LogP contribution < -0.4 is 18.9 Å². The average molecular weight is 446 g/mol. The van der Waals surface area contributed by atoms with E-state index in [1.165, 1.54) is 0 Å². The number of hydrogen-bond donors (Lipinski definition) is 1. The van der Waals surface area contributed by atoms with Gasteiger partial charge in [0.05, 0.1) is 19.6 Å². The van der Waals surface area contributed by atoms with Crippen LogP contribution in [0.2, 0.25) is 0 Å². The van der Waals surface area contributed by atoms with E-state index in [1.54, 1.807) is 19.2 Å². The van der Waals surface area contributed by atoms with Crippen molar-refractivity contribution in [2.24, 2.45) is 11.8 Å². The van der Waals surface area contributed by atoms with Crippen molar-refractivity contribution < 1.29 is 33.6 Å². The maximum absolute atomic E-state index is 12.9. The number of phenolic OH excluding ortho intramolecular Hbond substituents is 1. The standard InChI is InChI=1S/C26H22O7/c1-29-25-22-15(11-20-24(25)32-13-31-20)9-16-12-30-26(28)23(16)21(22)14-7-8-18(27)19(10-14)33-17-5-3-2-4-6-17/h2-8,10-11,16,21,23,27H,9,12-13H2,1H3/t16-,21-,23-/m0/s1. The number of aromatic hydroxyl groups is 1. The van der Waals surface area contributed by atoms with E-state index in [0.717, 1.165) is 16.7 Å². The van der Waals surface area contributed by atoms with Gasteiger partial charge in [0, 0.05) is 17.4 Å². The number of carbonyl (C=O) groups is 1. The Balaban J connectivity index is 1.52. The van der Waals surface area contributed by atoms with Crippen LogP contribution in [0.15, 0.2) is 54.6 Å². The Labute approximate surface area is 190 Å². The topological polar surface area (TPSA) is 83.5 Å². The fraction of sp³-hybridized carbons (Fsp3) is 0.269. The predicted molar refractivity (Wildman–Crippen MR) is 117 cm³/mol. The molecular formula is C26H22O7. The van der Waals surface area contributed by atoms with Crippen molar-refractivity contribution in [3.8, 4) is 34.5 Å². The van der Waals surface area contributed by atoms with Crippen molar-refractivity contribution in [1.29, 1.82) is 0 Å². The van der Waals surface area contributed by atoms with Crippen LogP contribution in [0.25, 0.3) is 0 Å². The van der Waals surface area contributed by atoms with E-state index in [2.05, 4.69) is 0 Å². The van der Waals surface area contributed by atoms with Crippen molar-refractivity contribution in [3.05, 3.63) is 71.3 Å². The lowest BCUT2D eigenvalue weighted by Gasteiger charge is -2.34. The SMILES string of the molecule is COc1c2c(cc3c1[C@H](c1ccc(O)c(Oc4ccccc4)c1)[C@H]1C(=O)OC[C@@H]1C3)OCO2. The van der Waals surface area contributed by atoms with Crippen LogP contribution >= 0.6 is 0 Å². The number of fused-ring (bicyclic) bond motifs is 3. The first kappa shape index (κ1) is 19.8. The first-order chi connectivity index (χ1) is 16.1. The van der Waals surface area contributed by atoms with Gasteiger partial charge in [0.2, 0.25) is 12.5 Å². The van der Waals surface area contributed by atoms with Gasteiger partial charge < -0.3 is 28.8 Å². The molecule has 1 saturated heterocycles. The first-order valence-electron chi connectivity index (χ1n) is 10.9. The number of ether oxygens (including phenoxy) is 5. The summed E-state index contributed by atoms with van der Waals surface area (Å²) in [5.41, 5.74) is 2.75. The molecule has 0 amide bonds. The maximum Gasteiger partial charge on any atom is 0.310 e. The summed E-state index contributed by atoms with van der Waals surface area (Å²) in [6.45, 7) is 0.504. The Morgan fingerprint density at radius 3 is 2.70 bits per heavy atom. The summed E-state index contributed by atoms with van der Waals surface area (Å²) in [5.74, 6) is 1.78. The predicted octanol–water partition coefficient (Wildman–Crippen LogP) is 4.40. The molecule has 0 unspecified atom stereocenters. The van der Waals surface area contributed by atoms with E-state index < -0.39 is 0 Å². The third-order valence-corrected chi connectivity index (χ3v) is 6.63. The molecule has 7 heteroatoms. The zero-order chi connectivity index (χ0) is 22.5. The molecule has 3 aliphatic rings. The minimum absolute atomic E-state index is 0.0156. The number of phenols is 1. The van der Waals surface area contributed by atoms with Gasteiger partial charge >= 0.3 is 5.97 Å². The Kier molecular flexibility index (Phi) is 4.57. The fourth-order valence-electron chi connectivity index (χ4n) is 5.22. The molecule has 2 aliphatic heterocycles. The Morgan fingerprint density at radius 1 is 1.03 bits per heavy atom. The quantitative estimate of drug-likeness (QED) is 0.595. The van der Waals surface area contributed by atoms with E-state index in [1.807, 2.05) is 42.5 Å². The third kappa shape index (κ3) is 3.15. The van der Waals surface area contributed by atoms with Crippen LogP contribution in [0.4, 0.5) is 0 Å². The van der Waals surface area contributed by atoms with Crippen molar-refractivity contribution >= 4 is 5.97 Å². The minimum Gasteiger partial charge on any atom is -0.504 e. The first-order valence-corrected chi connectivity index (χ1v) is 10.9. The molecule has 0 saturated carbocycles. The van der Waals surface area contributed by atoms with Gasteiger partial charge in [0.25, 0.3) is 0 Å². The van der Waals surface area contributed by atoms with E-state index in [9.17, 15) is 9.90 Å². The lowest BCUT2D eigenvalue weighted by molar-refractivity contribution is -0.141. The number of esters is 1. The van der Waals surface area contributed by atoms with Gasteiger partial charge in [-0.25, -0.2) is 0 Å². The lowest BCUT2D eigenvalue weighted by Crippen LogP contribution is -2.32. The number of para-hydroxylation sites is 1. The minimum atomic E-state index is -0.374. The Bertz CT molecular complexity index is 1240. The zero-order valence-corrected chi connectivity index (χ0v) is 17.9. The molecule has 168 valence electrons. The van der Waals surface area contributed by atoms with Crippen LogP contribution in [0, 0.1) is 11.8 Å². The second-order valence-corrected chi connectivity index (χ2v) is 8.46. The second-order valence-electron chi connectivity index (χ2n) is 8.46. The van der Waals surface area contributed by atoms with Gasteiger partial charge in [-0.15, -0.1) is 0 Å². The highest BCUT2D eigenvalue weighted by Gasteiger charge is 2.49. The monoisotopic (exact) mass is 446 g/mol. The van der Waals surface area contributed by atoms with Gasteiger partial charge in [0.15, 0.2) is 23.0 Å². The number of hydrogen-bond acceptors (Lipinski definition) is 7. The summed E-state index contributed by atoms with van der Waals surface area (Å²) < 4.78 is 28.6. The average Bonchev–Trinajstić information content (AvgIpc) is 3.45. The summed E-state index contributed by atoms with van der Waals surface area (Å²) in [5, 5.41) is 10.5. The number of cyclic esters (lactones) is 1. The molecule has 3 aromatic rings. The molecule has 6 rings (SSSR count). The van der Waals surface area contributed by atoms with Gasteiger partial charge in [0.1, 0.15) is 5.75 Å². The molecule has 0 bridgehead atoms. The second kappa shape index (κ2) is 7.62. The smallest absolute Gasteiger partial charge is 0.310 e. The highest BCUT2D eigenvalue weighted by molar-refractivity contribution is 5.79. The Morgan fingerprint density at radius 2 is 1.88 bits per heavy atom. The molecule has 1 N–H and O–H groups in total. The summed E-state index contributed by atoms with van der Waals surface area (Å²) in [6, 6.07) is 16.4. The zero-order valence-electron chi connectivity index (χ0n) is 17.9. The van der Waals surface area contributed by atoms with Gasteiger partial charge in [-0.2, -0.15) is 0 Å². The molecule has 0 aromatic heterocycles. The largest absolute Gasteiger partial charge is 0.504 e. The van der Waals surface area contributed by atoms with Crippen molar-refractivity contribution in [2.75, 3.05) is 20.5 Å². The van der Waals surface area contributed by atoms with Crippen LogP contribution in [-0.2, 0) is 16.0 Å². The molecule has 0 radical (unpaired) electrons. The molecular weight excluding hydrogens is 424 g/mol. The number of carbonyl (C=O) groups excluding carboxylic acids is 1. The molecule has 3 aromatic carbocycles.